The normalized spacial score (nSPS) is 14.1. The van der Waals surface area contributed by atoms with Gasteiger partial charge >= 0.3 is 0 Å². The number of likely N-dealkylation sites (tertiary alicyclic amines) is 1. The van der Waals surface area contributed by atoms with Gasteiger partial charge in [0.2, 0.25) is 5.91 Å². The van der Waals surface area contributed by atoms with E-state index in [1.54, 1.807) is 4.90 Å². The molecule has 1 aromatic rings. The van der Waals surface area contributed by atoms with Crippen molar-refractivity contribution in [3.63, 3.8) is 0 Å². The van der Waals surface area contributed by atoms with E-state index < -0.39 is 0 Å². The standard InChI is InChI=1S/C16H22N2O3/c1-12-5-6-13(2)14(9-12)21-11-15(19)17-10-16(20)18-7-3-4-8-18/h5-6,9H,3-4,7-8,10-11H2,1-2H3,(H,17,19). The van der Waals surface area contributed by atoms with E-state index in [1.165, 1.54) is 0 Å². The van der Waals surface area contributed by atoms with Gasteiger partial charge in [-0.2, -0.15) is 0 Å². The second kappa shape index (κ2) is 7.11. The van der Waals surface area contributed by atoms with E-state index in [0.29, 0.717) is 5.75 Å². The predicted molar refractivity (Wildman–Crippen MR) is 80.2 cm³/mol. The van der Waals surface area contributed by atoms with Crippen molar-refractivity contribution >= 4 is 11.8 Å². The van der Waals surface area contributed by atoms with Crippen LogP contribution in [0.5, 0.6) is 5.75 Å². The lowest BCUT2D eigenvalue weighted by molar-refractivity contribution is -0.132. The summed E-state index contributed by atoms with van der Waals surface area (Å²) in [5, 5.41) is 2.61. The highest BCUT2D eigenvalue weighted by Crippen LogP contribution is 2.18. The highest BCUT2D eigenvalue weighted by Gasteiger charge is 2.18. The Hall–Kier alpha value is -2.04. The Balaban J connectivity index is 1.74. The van der Waals surface area contributed by atoms with Crippen molar-refractivity contribution in [3.8, 4) is 5.75 Å². The molecule has 5 heteroatoms. The van der Waals surface area contributed by atoms with Gasteiger partial charge in [-0.25, -0.2) is 0 Å². The lowest BCUT2D eigenvalue weighted by Gasteiger charge is -2.15. The molecule has 0 saturated carbocycles. The van der Waals surface area contributed by atoms with Crippen molar-refractivity contribution in [2.24, 2.45) is 0 Å². The SMILES string of the molecule is Cc1ccc(C)c(OCC(=O)NCC(=O)N2CCCC2)c1. The van der Waals surface area contributed by atoms with Crippen LogP contribution in [0.4, 0.5) is 0 Å². The molecule has 2 rings (SSSR count). The molecule has 0 unspecified atom stereocenters. The fraction of sp³-hybridized carbons (Fsp3) is 0.500. The van der Waals surface area contributed by atoms with Crippen LogP contribution in [0.25, 0.3) is 0 Å². The molecule has 1 heterocycles. The number of hydrogen-bond donors (Lipinski definition) is 1. The molecule has 114 valence electrons. The van der Waals surface area contributed by atoms with Crippen LogP contribution in [0.15, 0.2) is 18.2 Å². The van der Waals surface area contributed by atoms with E-state index >= 15 is 0 Å². The summed E-state index contributed by atoms with van der Waals surface area (Å²) in [6.45, 7) is 5.48. The molecule has 21 heavy (non-hydrogen) atoms. The minimum absolute atomic E-state index is 0.0208. The fourth-order valence-electron chi connectivity index (χ4n) is 2.31. The van der Waals surface area contributed by atoms with Gasteiger partial charge in [0.05, 0.1) is 6.54 Å². The Morgan fingerprint density at radius 3 is 2.67 bits per heavy atom. The Kier molecular flexibility index (Phi) is 5.20. The van der Waals surface area contributed by atoms with Crippen molar-refractivity contribution in [1.29, 1.82) is 0 Å². The van der Waals surface area contributed by atoms with Gasteiger partial charge in [-0.05, 0) is 43.9 Å². The quantitative estimate of drug-likeness (QED) is 0.892. The molecule has 0 bridgehead atoms. The third kappa shape index (κ3) is 4.48. The first-order valence-electron chi connectivity index (χ1n) is 7.31. The number of benzene rings is 1. The first-order valence-corrected chi connectivity index (χ1v) is 7.31. The molecule has 0 aliphatic carbocycles. The number of rotatable bonds is 5. The minimum atomic E-state index is -0.275. The topological polar surface area (TPSA) is 58.6 Å². The van der Waals surface area contributed by atoms with E-state index in [4.69, 9.17) is 4.74 Å². The van der Waals surface area contributed by atoms with Gasteiger partial charge in [-0.3, -0.25) is 9.59 Å². The molecular formula is C16H22N2O3. The molecule has 1 aliphatic rings. The zero-order valence-corrected chi connectivity index (χ0v) is 12.6. The van der Waals surface area contributed by atoms with E-state index in [0.717, 1.165) is 37.1 Å². The molecule has 2 amide bonds. The number of carbonyl (C=O) groups is 2. The van der Waals surface area contributed by atoms with E-state index in [-0.39, 0.29) is 25.0 Å². The summed E-state index contributed by atoms with van der Waals surface area (Å²) in [6, 6.07) is 5.86. The maximum Gasteiger partial charge on any atom is 0.258 e. The smallest absolute Gasteiger partial charge is 0.258 e. The summed E-state index contributed by atoms with van der Waals surface area (Å²) in [5.41, 5.74) is 2.07. The lowest BCUT2D eigenvalue weighted by atomic mass is 10.1. The number of aryl methyl sites for hydroxylation is 2. The second-order valence-corrected chi connectivity index (χ2v) is 5.42. The second-order valence-electron chi connectivity index (χ2n) is 5.42. The summed E-state index contributed by atoms with van der Waals surface area (Å²) in [5.74, 6) is 0.409. The monoisotopic (exact) mass is 290 g/mol. The Morgan fingerprint density at radius 2 is 1.95 bits per heavy atom. The number of nitrogens with zero attached hydrogens (tertiary/aromatic N) is 1. The van der Waals surface area contributed by atoms with E-state index in [9.17, 15) is 9.59 Å². The number of ether oxygens (including phenoxy) is 1. The van der Waals surface area contributed by atoms with E-state index in [2.05, 4.69) is 5.32 Å². The zero-order valence-electron chi connectivity index (χ0n) is 12.6. The lowest BCUT2D eigenvalue weighted by Crippen LogP contribution is -2.40. The molecule has 1 aliphatic heterocycles. The molecule has 0 spiro atoms. The maximum atomic E-state index is 11.8. The van der Waals surface area contributed by atoms with Crippen molar-refractivity contribution < 1.29 is 14.3 Å². The van der Waals surface area contributed by atoms with Crippen molar-refractivity contribution in [2.45, 2.75) is 26.7 Å². The van der Waals surface area contributed by atoms with Gasteiger partial charge in [-0.15, -0.1) is 0 Å². The molecule has 1 fully saturated rings. The summed E-state index contributed by atoms with van der Waals surface area (Å²) in [4.78, 5) is 25.3. The maximum absolute atomic E-state index is 11.8. The third-order valence-corrected chi connectivity index (χ3v) is 3.60. The van der Waals surface area contributed by atoms with Crippen LogP contribution in [0, 0.1) is 13.8 Å². The van der Waals surface area contributed by atoms with Gasteiger partial charge in [0.25, 0.3) is 5.91 Å². The Labute approximate surface area is 125 Å². The summed E-state index contributed by atoms with van der Waals surface area (Å²) < 4.78 is 5.50. The first kappa shape index (κ1) is 15.4. The van der Waals surface area contributed by atoms with Crippen molar-refractivity contribution in [2.75, 3.05) is 26.2 Å². The van der Waals surface area contributed by atoms with Crippen LogP contribution < -0.4 is 10.1 Å². The Morgan fingerprint density at radius 1 is 1.24 bits per heavy atom. The van der Waals surface area contributed by atoms with Crippen molar-refractivity contribution in [1.82, 2.24) is 10.2 Å². The average molecular weight is 290 g/mol. The Bertz CT molecular complexity index is 522. The average Bonchev–Trinajstić information content (AvgIpc) is 3.00. The van der Waals surface area contributed by atoms with Crippen LogP contribution in [0.1, 0.15) is 24.0 Å². The zero-order chi connectivity index (χ0) is 15.2. The van der Waals surface area contributed by atoms with Gasteiger partial charge in [0, 0.05) is 13.1 Å². The third-order valence-electron chi connectivity index (χ3n) is 3.60. The molecular weight excluding hydrogens is 268 g/mol. The highest BCUT2D eigenvalue weighted by molar-refractivity contribution is 5.85. The molecule has 0 radical (unpaired) electrons. The van der Waals surface area contributed by atoms with Gasteiger partial charge in [-0.1, -0.05) is 12.1 Å². The number of nitrogens with one attached hydrogen (secondary N) is 1. The molecule has 1 N–H and O–H groups in total. The molecule has 1 aromatic carbocycles. The van der Waals surface area contributed by atoms with Crippen LogP contribution in [-0.4, -0.2) is 43.0 Å². The molecule has 5 nitrogen and oxygen atoms in total. The fourth-order valence-corrected chi connectivity index (χ4v) is 2.31. The number of amides is 2. The van der Waals surface area contributed by atoms with Crippen LogP contribution in [0.3, 0.4) is 0 Å². The van der Waals surface area contributed by atoms with Gasteiger partial charge in [0.15, 0.2) is 6.61 Å². The number of hydrogen-bond acceptors (Lipinski definition) is 3. The molecule has 0 atom stereocenters. The summed E-state index contributed by atoms with van der Waals surface area (Å²) >= 11 is 0. The van der Waals surface area contributed by atoms with Crippen LogP contribution >= 0.6 is 0 Å². The molecule has 1 saturated heterocycles. The first-order chi connectivity index (χ1) is 10.1. The summed E-state index contributed by atoms with van der Waals surface area (Å²) in [6.07, 6.45) is 2.10. The molecule has 0 aromatic heterocycles. The van der Waals surface area contributed by atoms with Gasteiger partial charge < -0.3 is 15.0 Å². The number of carbonyl (C=O) groups excluding carboxylic acids is 2. The van der Waals surface area contributed by atoms with E-state index in [1.807, 2.05) is 32.0 Å². The summed E-state index contributed by atoms with van der Waals surface area (Å²) in [7, 11) is 0. The highest BCUT2D eigenvalue weighted by atomic mass is 16.5. The van der Waals surface area contributed by atoms with Gasteiger partial charge in [0.1, 0.15) is 5.75 Å². The van der Waals surface area contributed by atoms with Crippen LogP contribution in [0.2, 0.25) is 0 Å². The van der Waals surface area contributed by atoms with Crippen LogP contribution in [-0.2, 0) is 9.59 Å². The minimum Gasteiger partial charge on any atom is -0.483 e. The van der Waals surface area contributed by atoms with Crippen molar-refractivity contribution in [3.05, 3.63) is 29.3 Å². The predicted octanol–water partition coefficient (Wildman–Crippen LogP) is 1.42. The largest absolute Gasteiger partial charge is 0.483 e.